The maximum atomic E-state index is 11.1. The van der Waals surface area contributed by atoms with Gasteiger partial charge in [0.05, 0.1) is 12.7 Å². The van der Waals surface area contributed by atoms with Crippen molar-refractivity contribution >= 4 is 13.5 Å². The summed E-state index contributed by atoms with van der Waals surface area (Å²) in [4.78, 5) is 28.7. The first-order chi connectivity index (χ1) is 9.16. The summed E-state index contributed by atoms with van der Waals surface area (Å²) in [5.74, 6) is -2.70. The lowest BCUT2D eigenvalue weighted by molar-refractivity contribution is -0.0579. The van der Waals surface area contributed by atoms with E-state index >= 15 is 0 Å². The Morgan fingerprint density at radius 3 is 2.55 bits per heavy atom. The lowest BCUT2D eigenvalue weighted by atomic mass is 10.2. The number of ether oxygens (including phenoxy) is 1. The number of aliphatic hydroxyl groups excluding tert-OH is 2. The van der Waals surface area contributed by atoms with Gasteiger partial charge in [0, 0.05) is 7.11 Å². The van der Waals surface area contributed by atoms with E-state index in [-0.39, 0.29) is 12.2 Å². The van der Waals surface area contributed by atoms with Crippen LogP contribution in [0.4, 0.5) is 0 Å². The number of amides is 1. The number of aliphatic hydroxyl groups is 2. The molecule has 0 bridgehead atoms. The van der Waals surface area contributed by atoms with Crippen molar-refractivity contribution in [1.29, 1.82) is 0 Å². The first-order valence-corrected chi connectivity index (χ1v) is 6.99. The van der Waals surface area contributed by atoms with Gasteiger partial charge in [-0.25, -0.2) is 4.68 Å². The van der Waals surface area contributed by atoms with Gasteiger partial charge in [0.2, 0.25) is 0 Å². The first-order valence-electron chi connectivity index (χ1n) is 5.31. The number of methoxy groups -OCH3 is 1. The molecule has 11 nitrogen and oxygen atoms in total. The van der Waals surface area contributed by atoms with Crippen LogP contribution < -0.4 is 5.73 Å². The lowest BCUT2D eigenvalue weighted by Crippen LogP contribution is -2.40. The molecule has 0 spiro atoms. The van der Waals surface area contributed by atoms with E-state index < -0.39 is 31.6 Å². The summed E-state index contributed by atoms with van der Waals surface area (Å²) in [5, 5.41) is 26.2. The molecule has 1 aromatic heterocycles. The van der Waals surface area contributed by atoms with Crippen LogP contribution in [0.25, 0.3) is 0 Å². The van der Waals surface area contributed by atoms with E-state index in [0.717, 1.165) is 18.0 Å². The topological polar surface area (TPSA) is 181 Å². The van der Waals surface area contributed by atoms with Gasteiger partial charge in [0.15, 0.2) is 11.5 Å². The number of nitrogens with two attached hydrogens (primary N) is 1. The molecular formula is C8H15N4O7P. The zero-order valence-electron chi connectivity index (χ0n) is 10.4. The van der Waals surface area contributed by atoms with Crippen molar-refractivity contribution in [2.45, 2.75) is 24.6 Å². The summed E-state index contributed by atoms with van der Waals surface area (Å²) in [6, 6.07) is 0. The lowest BCUT2D eigenvalue weighted by Gasteiger charge is -2.25. The average molecular weight is 310 g/mol. The van der Waals surface area contributed by atoms with Crippen molar-refractivity contribution in [3.63, 3.8) is 0 Å². The van der Waals surface area contributed by atoms with Gasteiger partial charge in [0.1, 0.15) is 12.2 Å². The number of carbonyl (C=O) groups excluding carboxylic acids is 1. The third-order valence-corrected chi connectivity index (χ3v) is 3.60. The summed E-state index contributed by atoms with van der Waals surface area (Å²) in [6.45, 7) is -0.360. The standard InChI is InChI=1S/C8H15N4O7P/c1-19-8(20(16,17)18)6(14)5(13)3-12-2-4(7(9)15)10-11-12/h2,5-6,8,13-14H,3H2,1H3,(H2,9,15)(H2,16,17,18)/t5-,6-,8-/m1/s1. The van der Waals surface area contributed by atoms with Crippen LogP contribution in [0, 0.1) is 0 Å². The third-order valence-electron chi connectivity index (χ3n) is 2.42. The van der Waals surface area contributed by atoms with E-state index in [1.54, 1.807) is 0 Å². The van der Waals surface area contributed by atoms with Crippen molar-refractivity contribution in [3.05, 3.63) is 11.9 Å². The monoisotopic (exact) mass is 310 g/mol. The van der Waals surface area contributed by atoms with Crippen molar-refractivity contribution in [2.24, 2.45) is 5.73 Å². The van der Waals surface area contributed by atoms with Gasteiger partial charge in [-0.3, -0.25) is 9.36 Å². The Kier molecular flexibility index (Phi) is 5.34. The third kappa shape index (κ3) is 4.07. The summed E-state index contributed by atoms with van der Waals surface area (Å²) in [6.07, 6.45) is -2.34. The molecule has 0 saturated heterocycles. The molecule has 1 aromatic rings. The largest absolute Gasteiger partial charge is 0.388 e. The Morgan fingerprint density at radius 1 is 1.55 bits per heavy atom. The molecule has 0 unspecified atom stereocenters. The fourth-order valence-electron chi connectivity index (χ4n) is 1.47. The highest BCUT2D eigenvalue weighted by molar-refractivity contribution is 7.52. The summed E-state index contributed by atoms with van der Waals surface area (Å²) in [7, 11) is -3.77. The van der Waals surface area contributed by atoms with Crippen molar-refractivity contribution < 1.29 is 34.1 Å². The molecule has 1 heterocycles. The van der Waals surface area contributed by atoms with E-state index in [1.165, 1.54) is 0 Å². The number of nitrogens with zero attached hydrogens (tertiary/aromatic N) is 3. The number of aromatic nitrogens is 3. The van der Waals surface area contributed by atoms with Crippen LogP contribution >= 0.6 is 7.60 Å². The second-order valence-electron chi connectivity index (χ2n) is 3.96. The molecule has 6 N–H and O–H groups in total. The average Bonchev–Trinajstić information content (AvgIpc) is 2.76. The van der Waals surface area contributed by atoms with Gasteiger partial charge in [-0.2, -0.15) is 0 Å². The smallest absolute Gasteiger partial charge is 0.356 e. The van der Waals surface area contributed by atoms with Crippen LogP contribution in [0.3, 0.4) is 0 Å². The fraction of sp³-hybridized carbons (Fsp3) is 0.625. The van der Waals surface area contributed by atoms with Gasteiger partial charge < -0.3 is 30.5 Å². The van der Waals surface area contributed by atoms with Crippen LogP contribution in [0.2, 0.25) is 0 Å². The number of rotatable bonds is 7. The molecule has 1 amide bonds. The predicted octanol–water partition coefficient (Wildman–Crippen LogP) is -2.75. The Bertz CT molecular complexity index is 515. The Hall–Kier alpha value is -1.36. The SMILES string of the molecule is CO[C@@H]([C@H](O)[C@H](O)Cn1cc(C(N)=O)nn1)P(=O)(O)O. The van der Waals surface area contributed by atoms with E-state index in [9.17, 15) is 19.6 Å². The Balaban J connectivity index is 2.76. The van der Waals surface area contributed by atoms with Crippen LogP contribution in [0.5, 0.6) is 0 Å². The molecule has 1 rings (SSSR count). The zero-order chi connectivity index (χ0) is 15.5. The second kappa shape index (κ2) is 6.39. The molecule has 0 aliphatic rings. The first kappa shape index (κ1) is 16.7. The number of carbonyl (C=O) groups is 1. The highest BCUT2D eigenvalue weighted by Crippen LogP contribution is 2.43. The molecule has 0 radical (unpaired) electrons. The quantitative estimate of drug-likeness (QED) is 0.333. The minimum absolute atomic E-state index is 0.148. The number of hydrogen-bond donors (Lipinski definition) is 5. The number of hydrogen-bond acceptors (Lipinski definition) is 7. The molecule has 0 saturated carbocycles. The van der Waals surface area contributed by atoms with Gasteiger partial charge in [-0.15, -0.1) is 5.10 Å². The highest BCUT2D eigenvalue weighted by atomic mass is 31.2. The van der Waals surface area contributed by atoms with Crippen molar-refractivity contribution in [3.8, 4) is 0 Å². The Labute approximate surface area is 113 Å². The van der Waals surface area contributed by atoms with Crippen LogP contribution in [-0.4, -0.2) is 66.1 Å². The number of primary amides is 1. The molecule has 12 heteroatoms. The van der Waals surface area contributed by atoms with Crippen LogP contribution in [-0.2, 0) is 15.8 Å². The molecule has 20 heavy (non-hydrogen) atoms. The van der Waals surface area contributed by atoms with E-state index in [1.807, 2.05) is 0 Å². The fourth-order valence-corrected chi connectivity index (χ4v) is 2.34. The minimum Gasteiger partial charge on any atom is -0.388 e. The van der Waals surface area contributed by atoms with Gasteiger partial charge in [0.25, 0.3) is 5.91 Å². The molecule has 0 aromatic carbocycles. The maximum Gasteiger partial charge on any atom is 0.356 e. The highest BCUT2D eigenvalue weighted by Gasteiger charge is 2.39. The summed E-state index contributed by atoms with van der Waals surface area (Å²) < 4.78 is 16.5. The zero-order valence-corrected chi connectivity index (χ0v) is 11.3. The molecule has 114 valence electrons. The van der Waals surface area contributed by atoms with E-state index in [2.05, 4.69) is 15.0 Å². The molecular weight excluding hydrogens is 295 g/mol. The van der Waals surface area contributed by atoms with Crippen molar-refractivity contribution in [1.82, 2.24) is 15.0 Å². The summed E-state index contributed by atoms with van der Waals surface area (Å²) >= 11 is 0. The van der Waals surface area contributed by atoms with Crippen molar-refractivity contribution in [2.75, 3.05) is 7.11 Å². The minimum atomic E-state index is -4.75. The normalized spacial score (nSPS) is 16.6. The summed E-state index contributed by atoms with van der Waals surface area (Å²) in [5.41, 5.74) is 4.81. The predicted molar refractivity (Wildman–Crippen MR) is 63.4 cm³/mol. The van der Waals surface area contributed by atoms with Crippen LogP contribution in [0.1, 0.15) is 10.5 Å². The van der Waals surface area contributed by atoms with E-state index in [4.69, 9.17) is 15.5 Å². The van der Waals surface area contributed by atoms with Gasteiger partial charge in [-0.1, -0.05) is 5.21 Å². The second-order valence-corrected chi connectivity index (χ2v) is 5.65. The molecule has 0 aliphatic carbocycles. The van der Waals surface area contributed by atoms with Gasteiger partial charge in [-0.05, 0) is 0 Å². The molecule has 0 fully saturated rings. The Morgan fingerprint density at radius 2 is 2.15 bits per heavy atom. The van der Waals surface area contributed by atoms with E-state index in [0.29, 0.717) is 0 Å². The van der Waals surface area contributed by atoms with Crippen LogP contribution in [0.15, 0.2) is 6.20 Å². The van der Waals surface area contributed by atoms with Gasteiger partial charge >= 0.3 is 7.60 Å². The molecule has 3 atom stereocenters. The molecule has 0 aliphatic heterocycles. The maximum absolute atomic E-state index is 11.1.